The number of likely N-dealkylation sites (N-methyl/N-ethyl adjacent to an activating group) is 1. The largest absolute Gasteiger partial charge is 0.496 e. The molecular weight excluding hydrogens is 515 g/mol. The summed E-state index contributed by atoms with van der Waals surface area (Å²) in [4.78, 5) is 4.88. The number of hydrazine groups is 1. The molecule has 7 nitrogen and oxygen atoms in total. The Morgan fingerprint density at radius 1 is 1.24 bits per heavy atom. The third-order valence-corrected chi connectivity index (χ3v) is 6.17. The summed E-state index contributed by atoms with van der Waals surface area (Å²) in [6.07, 6.45) is -4.07. The smallest absolute Gasteiger partial charge is 0.416 e. The highest BCUT2D eigenvalue weighted by Crippen LogP contribution is 2.41. The molecule has 2 aromatic carbocycles. The number of guanidine groups is 1. The summed E-state index contributed by atoms with van der Waals surface area (Å²) in [5.41, 5.74) is 11.0. The number of alkyl halides is 3. The van der Waals surface area contributed by atoms with Gasteiger partial charge in [0.05, 0.1) is 37.1 Å². The maximum Gasteiger partial charge on any atom is 0.416 e. The normalized spacial score (nSPS) is 18.1. The number of nitrogens with zero attached hydrogens (tertiary/aromatic N) is 3. The van der Waals surface area contributed by atoms with Crippen molar-refractivity contribution < 1.29 is 27.2 Å². The van der Waals surface area contributed by atoms with Crippen molar-refractivity contribution in [3.8, 4) is 11.5 Å². The van der Waals surface area contributed by atoms with Gasteiger partial charge in [-0.1, -0.05) is 22.9 Å². The van der Waals surface area contributed by atoms with E-state index >= 15 is 0 Å². The predicted octanol–water partition coefficient (Wildman–Crippen LogP) is 4.24. The average molecular weight is 541 g/mol. The molecule has 0 saturated carbocycles. The number of nitrogens with one attached hydrogen (secondary N) is 1. The molecule has 2 aliphatic rings. The summed E-state index contributed by atoms with van der Waals surface area (Å²) >= 11 is 3.53. The minimum atomic E-state index is -4.49. The third-order valence-electron chi connectivity index (χ3n) is 5.72. The molecule has 0 aliphatic carbocycles. The molecule has 3 N–H and O–H groups in total. The van der Waals surface area contributed by atoms with Crippen LogP contribution in [0.25, 0.3) is 0 Å². The third kappa shape index (κ3) is 4.34. The molecule has 0 saturated heterocycles. The highest BCUT2D eigenvalue weighted by Gasteiger charge is 2.41. The first kappa shape index (κ1) is 24.3. The lowest BCUT2D eigenvalue weighted by Crippen LogP contribution is -2.44. The second-order valence-electron chi connectivity index (χ2n) is 7.88. The van der Waals surface area contributed by atoms with E-state index in [1.807, 2.05) is 29.5 Å². The summed E-state index contributed by atoms with van der Waals surface area (Å²) in [6, 6.07) is 7.19. The van der Waals surface area contributed by atoms with E-state index < -0.39 is 11.7 Å². The summed E-state index contributed by atoms with van der Waals surface area (Å²) in [5.74, 6) is 1.06. The Bertz CT molecular complexity index is 1170. The molecule has 182 valence electrons. The molecule has 1 unspecified atom stereocenters. The van der Waals surface area contributed by atoms with Crippen LogP contribution in [0.1, 0.15) is 37.0 Å². The van der Waals surface area contributed by atoms with E-state index in [-0.39, 0.29) is 18.5 Å². The SMILES string of the molecule is CCCOc1cc(C(F)(F)F)ccc1C1=NCC2N(CC)NC(N)=[N+]2c2cc(Br)cc(OC)c21. The molecule has 0 fully saturated rings. The van der Waals surface area contributed by atoms with Gasteiger partial charge < -0.3 is 9.47 Å². The molecule has 2 aliphatic heterocycles. The number of fused-ring (bicyclic) bond motifs is 3. The van der Waals surface area contributed by atoms with Crippen LogP contribution in [0.2, 0.25) is 0 Å². The highest BCUT2D eigenvalue weighted by atomic mass is 79.9. The van der Waals surface area contributed by atoms with E-state index in [4.69, 9.17) is 20.2 Å². The quantitative estimate of drug-likeness (QED) is 0.536. The standard InChI is InChI=1S/C23H25BrF3N5O2/c1-4-8-34-17-9-13(23(25,26)27)6-7-15(17)21-20-16(10-14(24)11-18(20)33-3)32-19(12-29-21)31(5-2)30-22(32)28/h6-7,9-11,19H,4-5,8,12H2,1-3H3,(H2,28,30)/p+1. The molecule has 2 heterocycles. The Morgan fingerprint density at radius 3 is 2.65 bits per heavy atom. The molecule has 0 bridgehead atoms. The van der Waals surface area contributed by atoms with Crippen LogP contribution in [0.4, 0.5) is 18.9 Å². The van der Waals surface area contributed by atoms with Crippen molar-refractivity contribution in [2.24, 2.45) is 10.7 Å². The minimum absolute atomic E-state index is 0.121. The zero-order valence-corrected chi connectivity index (χ0v) is 20.6. The Morgan fingerprint density at radius 2 is 2.00 bits per heavy atom. The monoisotopic (exact) mass is 540 g/mol. The van der Waals surface area contributed by atoms with Crippen LogP contribution in [-0.4, -0.2) is 54.2 Å². The van der Waals surface area contributed by atoms with E-state index in [9.17, 15) is 13.2 Å². The first-order valence-corrected chi connectivity index (χ1v) is 11.7. The van der Waals surface area contributed by atoms with E-state index in [1.165, 1.54) is 13.2 Å². The number of halogens is 4. The first-order valence-electron chi connectivity index (χ1n) is 10.9. The molecule has 0 spiro atoms. The predicted molar refractivity (Wildman–Crippen MR) is 127 cm³/mol. The van der Waals surface area contributed by atoms with Gasteiger partial charge in [-0.05, 0) is 43.7 Å². The van der Waals surface area contributed by atoms with Crippen molar-refractivity contribution in [3.05, 3.63) is 51.5 Å². The number of benzene rings is 2. The van der Waals surface area contributed by atoms with Gasteiger partial charge in [-0.15, -0.1) is 5.01 Å². The van der Waals surface area contributed by atoms with Gasteiger partial charge in [0.15, 0.2) is 6.17 Å². The first-order chi connectivity index (χ1) is 16.2. The van der Waals surface area contributed by atoms with Crippen LogP contribution in [0, 0.1) is 0 Å². The number of ether oxygens (including phenoxy) is 2. The number of methoxy groups -OCH3 is 1. The summed E-state index contributed by atoms with van der Waals surface area (Å²) < 4.78 is 54.6. The molecular formula is C23H26BrF3N5O2+. The van der Waals surface area contributed by atoms with Crippen LogP contribution in [-0.2, 0) is 6.18 Å². The highest BCUT2D eigenvalue weighted by molar-refractivity contribution is 9.10. The fraction of sp³-hybridized carbons (Fsp3) is 0.391. The zero-order chi connectivity index (χ0) is 24.6. The lowest BCUT2D eigenvalue weighted by atomic mass is 9.97. The van der Waals surface area contributed by atoms with Crippen LogP contribution in [0.3, 0.4) is 0 Å². The van der Waals surface area contributed by atoms with Crippen molar-refractivity contribution in [1.29, 1.82) is 0 Å². The molecule has 0 radical (unpaired) electrons. The van der Waals surface area contributed by atoms with Gasteiger partial charge in [0.2, 0.25) is 0 Å². The molecule has 0 aromatic heterocycles. The second kappa shape index (κ2) is 9.46. The topological polar surface area (TPSA) is 75.1 Å². The maximum absolute atomic E-state index is 13.5. The van der Waals surface area contributed by atoms with Gasteiger partial charge in [-0.25, -0.2) is 4.58 Å². The van der Waals surface area contributed by atoms with Crippen molar-refractivity contribution in [2.75, 3.05) is 26.8 Å². The van der Waals surface area contributed by atoms with Crippen LogP contribution in [0.5, 0.6) is 11.5 Å². The van der Waals surface area contributed by atoms with E-state index in [0.29, 0.717) is 48.1 Å². The van der Waals surface area contributed by atoms with Crippen LogP contribution < -0.4 is 20.6 Å². The number of hydrogen-bond acceptors (Lipinski definition) is 6. The molecule has 34 heavy (non-hydrogen) atoms. The second-order valence-corrected chi connectivity index (χ2v) is 8.80. The number of nitrogens with two attached hydrogens (primary N) is 1. The fourth-order valence-corrected chi connectivity index (χ4v) is 4.62. The Hall–Kier alpha value is -2.79. The molecule has 11 heteroatoms. The van der Waals surface area contributed by atoms with Gasteiger partial charge in [0.25, 0.3) is 0 Å². The molecule has 1 atom stereocenters. The molecule has 0 amide bonds. The zero-order valence-electron chi connectivity index (χ0n) is 19.0. The van der Waals surface area contributed by atoms with Gasteiger partial charge >= 0.3 is 12.1 Å². The fourth-order valence-electron chi connectivity index (χ4n) is 4.19. The minimum Gasteiger partial charge on any atom is -0.496 e. The molecule has 4 rings (SSSR count). The van der Waals surface area contributed by atoms with Gasteiger partial charge in [-0.2, -0.15) is 18.6 Å². The number of rotatable bonds is 6. The van der Waals surface area contributed by atoms with Crippen molar-refractivity contribution in [3.63, 3.8) is 0 Å². The Labute approximate surface area is 204 Å². The Kier molecular flexibility index (Phi) is 6.77. The van der Waals surface area contributed by atoms with E-state index in [0.717, 1.165) is 22.3 Å². The number of hydrogen-bond donors (Lipinski definition) is 2. The molecule has 2 aromatic rings. The summed E-state index contributed by atoms with van der Waals surface area (Å²) in [6.45, 7) is 5.15. The lowest BCUT2D eigenvalue weighted by Gasteiger charge is -2.19. The van der Waals surface area contributed by atoms with E-state index in [2.05, 4.69) is 21.4 Å². The van der Waals surface area contributed by atoms with Crippen LogP contribution in [0.15, 0.2) is 39.8 Å². The van der Waals surface area contributed by atoms with Gasteiger partial charge in [0, 0.05) is 16.6 Å². The lowest BCUT2D eigenvalue weighted by molar-refractivity contribution is -0.496. The van der Waals surface area contributed by atoms with Crippen molar-refractivity contribution in [1.82, 2.24) is 10.4 Å². The van der Waals surface area contributed by atoms with Crippen molar-refractivity contribution in [2.45, 2.75) is 32.6 Å². The van der Waals surface area contributed by atoms with Gasteiger partial charge in [0.1, 0.15) is 17.2 Å². The number of aliphatic imine (C=N–C) groups is 1. The Balaban J connectivity index is 1.98. The summed E-state index contributed by atoms with van der Waals surface area (Å²) in [7, 11) is 1.54. The van der Waals surface area contributed by atoms with Crippen molar-refractivity contribution >= 4 is 33.3 Å². The average Bonchev–Trinajstić information content (AvgIpc) is 3.02. The van der Waals surface area contributed by atoms with Gasteiger partial charge in [-0.3, -0.25) is 10.7 Å². The van der Waals surface area contributed by atoms with Crippen LogP contribution >= 0.6 is 15.9 Å². The maximum atomic E-state index is 13.5. The summed E-state index contributed by atoms with van der Waals surface area (Å²) in [5, 5.41) is 1.96. The van der Waals surface area contributed by atoms with E-state index in [1.54, 1.807) is 6.07 Å².